The van der Waals surface area contributed by atoms with Crippen molar-refractivity contribution in [3.05, 3.63) is 41.5 Å². The van der Waals surface area contributed by atoms with Crippen LogP contribution in [0.2, 0.25) is 0 Å². The second kappa shape index (κ2) is 5.63. The van der Waals surface area contributed by atoms with Crippen LogP contribution in [0.3, 0.4) is 0 Å². The van der Waals surface area contributed by atoms with Crippen LogP contribution in [-0.2, 0) is 6.42 Å². The van der Waals surface area contributed by atoms with Gasteiger partial charge in [-0.3, -0.25) is 0 Å². The normalized spacial score (nSPS) is 10.4. The highest BCUT2D eigenvalue weighted by atomic mass is 15.2. The molecule has 0 bridgehead atoms. The van der Waals surface area contributed by atoms with E-state index in [1.807, 2.05) is 13.0 Å². The number of benzene rings is 1. The SMILES string of the molecule is CCNc1cc(C)c(-c2ccc(CC)cc2)nn1. The molecule has 3 heteroatoms. The van der Waals surface area contributed by atoms with Gasteiger partial charge >= 0.3 is 0 Å². The summed E-state index contributed by atoms with van der Waals surface area (Å²) in [6, 6.07) is 10.6. The third-order valence-corrected chi connectivity index (χ3v) is 2.98. The Kier molecular flexibility index (Phi) is 3.92. The van der Waals surface area contributed by atoms with E-state index in [0.29, 0.717) is 0 Å². The van der Waals surface area contributed by atoms with Crippen LogP contribution < -0.4 is 5.32 Å². The van der Waals surface area contributed by atoms with Crippen molar-refractivity contribution in [3.63, 3.8) is 0 Å². The van der Waals surface area contributed by atoms with Crippen LogP contribution in [0.25, 0.3) is 11.3 Å². The van der Waals surface area contributed by atoms with Crippen molar-refractivity contribution in [2.24, 2.45) is 0 Å². The van der Waals surface area contributed by atoms with E-state index in [2.05, 4.69) is 53.6 Å². The van der Waals surface area contributed by atoms with Crippen LogP contribution in [-0.4, -0.2) is 16.7 Å². The first-order valence-corrected chi connectivity index (χ1v) is 6.42. The van der Waals surface area contributed by atoms with Crippen molar-refractivity contribution in [1.29, 1.82) is 0 Å². The van der Waals surface area contributed by atoms with Crippen molar-refractivity contribution < 1.29 is 0 Å². The second-order valence-electron chi connectivity index (χ2n) is 4.34. The van der Waals surface area contributed by atoms with Gasteiger partial charge in [0.2, 0.25) is 0 Å². The Morgan fingerprint density at radius 3 is 2.33 bits per heavy atom. The van der Waals surface area contributed by atoms with Gasteiger partial charge in [0.25, 0.3) is 0 Å². The zero-order valence-corrected chi connectivity index (χ0v) is 11.2. The van der Waals surface area contributed by atoms with E-state index >= 15 is 0 Å². The zero-order valence-electron chi connectivity index (χ0n) is 11.2. The predicted octanol–water partition coefficient (Wildman–Crippen LogP) is 3.45. The maximum Gasteiger partial charge on any atom is 0.148 e. The molecule has 0 amide bonds. The first kappa shape index (κ1) is 12.6. The Morgan fingerprint density at radius 2 is 1.78 bits per heavy atom. The van der Waals surface area contributed by atoms with Crippen molar-refractivity contribution in [2.45, 2.75) is 27.2 Å². The minimum atomic E-state index is 0.837. The van der Waals surface area contributed by atoms with Crippen molar-refractivity contribution >= 4 is 5.82 Å². The molecule has 1 aromatic heterocycles. The van der Waals surface area contributed by atoms with Crippen LogP contribution in [0.5, 0.6) is 0 Å². The summed E-state index contributed by atoms with van der Waals surface area (Å²) in [5.74, 6) is 0.837. The highest BCUT2D eigenvalue weighted by Gasteiger charge is 2.05. The van der Waals surface area contributed by atoms with Crippen molar-refractivity contribution in [2.75, 3.05) is 11.9 Å². The molecule has 0 saturated carbocycles. The minimum absolute atomic E-state index is 0.837. The number of nitrogens with one attached hydrogen (secondary N) is 1. The third-order valence-electron chi connectivity index (χ3n) is 2.98. The number of aromatic nitrogens is 2. The smallest absolute Gasteiger partial charge is 0.148 e. The fourth-order valence-electron chi connectivity index (χ4n) is 1.94. The minimum Gasteiger partial charge on any atom is -0.369 e. The van der Waals surface area contributed by atoms with Crippen LogP contribution >= 0.6 is 0 Å². The summed E-state index contributed by atoms with van der Waals surface area (Å²) in [6.07, 6.45) is 1.06. The van der Waals surface area contributed by atoms with Crippen LogP contribution in [0.4, 0.5) is 5.82 Å². The molecule has 0 fully saturated rings. The summed E-state index contributed by atoms with van der Waals surface area (Å²) in [6.45, 7) is 7.14. The van der Waals surface area contributed by atoms with E-state index in [9.17, 15) is 0 Å². The second-order valence-corrected chi connectivity index (χ2v) is 4.34. The van der Waals surface area contributed by atoms with Gasteiger partial charge in [0, 0.05) is 12.1 Å². The van der Waals surface area contributed by atoms with Gasteiger partial charge in [-0.2, -0.15) is 0 Å². The standard InChI is InChI=1S/C15H19N3/c1-4-12-6-8-13(9-7-12)15-11(3)10-14(16-5-2)17-18-15/h6-10H,4-5H2,1-3H3,(H,16,17). The van der Waals surface area contributed by atoms with E-state index in [1.165, 1.54) is 5.56 Å². The van der Waals surface area contributed by atoms with Gasteiger partial charge in [-0.1, -0.05) is 31.2 Å². The van der Waals surface area contributed by atoms with Gasteiger partial charge in [-0.05, 0) is 37.5 Å². The molecule has 2 aromatic rings. The zero-order chi connectivity index (χ0) is 13.0. The molecule has 0 radical (unpaired) electrons. The quantitative estimate of drug-likeness (QED) is 0.891. The lowest BCUT2D eigenvalue weighted by Crippen LogP contribution is -2.02. The average molecular weight is 241 g/mol. The molecule has 2 rings (SSSR count). The molecular weight excluding hydrogens is 222 g/mol. The summed E-state index contributed by atoms with van der Waals surface area (Å²) >= 11 is 0. The first-order chi connectivity index (χ1) is 8.74. The number of hydrogen-bond acceptors (Lipinski definition) is 3. The molecule has 1 aromatic carbocycles. The Hall–Kier alpha value is -1.90. The molecule has 1 N–H and O–H groups in total. The maximum atomic E-state index is 4.31. The molecule has 3 nitrogen and oxygen atoms in total. The van der Waals surface area contributed by atoms with Gasteiger partial charge in [-0.25, -0.2) is 0 Å². The van der Waals surface area contributed by atoms with Gasteiger partial charge in [-0.15, -0.1) is 10.2 Å². The van der Waals surface area contributed by atoms with Gasteiger partial charge in [0.1, 0.15) is 5.82 Å². The lowest BCUT2D eigenvalue weighted by atomic mass is 10.0. The van der Waals surface area contributed by atoms with E-state index in [4.69, 9.17) is 0 Å². The topological polar surface area (TPSA) is 37.8 Å². The summed E-state index contributed by atoms with van der Waals surface area (Å²) in [7, 11) is 0. The largest absolute Gasteiger partial charge is 0.369 e. The van der Waals surface area contributed by atoms with Crippen molar-refractivity contribution in [3.8, 4) is 11.3 Å². The summed E-state index contributed by atoms with van der Waals surface area (Å²) < 4.78 is 0. The Bertz CT molecular complexity index is 518. The Balaban J connectivity index is 2.32. The fraction of sp³-hybridized carbons (Fsp3) is 0.333. The number of hydrogen-bond donors (Lipinski definition) is 1. The molecular formula is C15H19N3. The molecule has 0 aliphatic carbocycles. The third kappa shape index (κ3) is 2.67. The predicted molar refractivity (Wildman–Crippen MR) is 75.7 cm³/mol. The molecule has 0 saturated heterocycles. The molecule has 0 aliphatic heterocycles. The highest BCUT2D eigenvalue weighted by Crippen LogP contribution is 2.22. The number of nitrogens with zero attached hydrogens (tertiary/aromatic N) is 2. The lowest BCUT2D eigenvalue weighted by Gasteiger charge is -2.07. The van der Waals surface area contributed by atoms with E-state index in [1.54, 1.807) is 0 Å². The lowest BCUT2D eigenvalue weighted by molar-refractivity contribution is 1.00. The summed E-state index contributed by atoms with van der Waals surface area (Å²) in [5, 5.41) is 11.7. The monoisotopic (exact) mass is 241 g/mol. The summed E-state index contributed by atoms with van der Waals surface area (Å²) in [5.41, 5.74) is 4.57. The molecule has 94 valence electrons. The van der Waals surface area contributed by atoms with E-state index in [0.717, 1.165) is 35.6 Å². The molecule has 0 unspecified atom stereocenters. The van der Waals surface area contributed by atoms with Gasteiger partial charge in [0.05, 0.1) is 5.69 Å². The molecule has 1 heterocycles. The molecule has 0 spiro atoms. The number of aryl methyl sites for hydroxylation is 2. The maximum absolute atomic E-state index is 4.31. The highest BCUT2D eigenvalue weighted by molar-refractivity contribution is 5.64. The molecule has 18 heavy (non-hydrogen) atoms. The van der Waals surface area contributed by atoms with Crippen LogP contribution in [0.15, 0.2) is 30.3 Å². The Labute approximate surface area is 108 Å². The summed E-state index contributed by atoms with van der Waals surface area (Å²) in [4.78, 5) is 0. The Morgan fingerprint density at radius 1 is 1.06 bits per heavy atom. The van der Waals surface area contributed by atoms with Crippen LogP contribution in [0, 0.1) is 6.92 Å². The number of rotatable bonds is 4. The van der Waals surface area contributed by atoms with E-state index in [-0.39, 0.29) is 0 Å². The first-order valence-electron chi connectivity index (χ1n) is 6.42. The van der Waals surface area contributed by atoms with Crippen molar-refractivity contribution in [1.82, 2.24) is 10.2 Å². The van der Waals surface area contributed by atoms with Gasteiger partial charge in [0.15, 0.2) is 0 Å². The van der Waals surface area contributed by atoms with E-state index < -0.39 is 0 Å². The fourth-order valence-corrected chi connectivity index (χ4v) is 1.94. The molecule has 0 atom stereocenters. The number of anilines is 1. The molecule has 0 aliphatic rings. The van der Waals surface area contributed by atoms with Crippen LogP contribution in [0.1, 0.15) is 25.0 Å². The average Bonchev–Trinajstić information content (AvgIpc) is 2.40. The van der Waals surface area contributed by atoms with Gasteiger partial charge < -0.3 is 5.32 Å².